The van der Waals surface area contributed by atoms with E-state index in [-0.39, 0.29) is 6.04 Å². The van der Waals surface area contributed by atoms with E-state index in [2.05, 4.69) is 10.3 Å². The lowest BCUT2D eigenvalue weighted by Crippen LogP contribution is -2.20. The van der Waals surface area contributed by atoms with Gasteiger partial charge in [-0.2, -0.15) is 13.2 Å². The molecule has 21 heavy (non-hydrogen) atoms. The van der Waals surface area contributed by atoms with Crippen molar-refractivity contribution in [1.29, 1.82) is 0 Å². The Morgan fingerprint density at radius 2 is 2.00 bits per heavy atom. The predicted octanol–water partition coefficient (Wildman–Crippen LogP) is 3.19. The van der Waals surface area contributed by atoms with Gasteiger partial charge >= 0.3 is 6.18 Å². The molecule has 0 aliphatic carbocycles. The lowest BCUT2D eigenvalue weighted by molar-refractivity contribution is -0.137. The van der Waals surface area contributed by atoms with Crippen LogP contribution in [-0.2, 0) is 12.6 Å². The molecule has 2 aromatic rings. The monoisotopic (exact) mass is 295 g/mol. The quantitative estimate of drug-likeness (QED) is 0.911. The molecule has 112 valence electrons. The number of alkyl halides is 3. The molecule has 0 aliphatic rings. The summed E-state index contributed by atoms with van der Waals surface area (Å²) in [6.07, 6.45) is -2.36. The van der Waals surface area contributed by atoms with Crippen molar-refractivity contribution in [3.05, 3.63) is 59.3 Å². The van der Waals surface area contributed by atoms with Gasteiger partial charge in [-0.05, 0) is 31.2 Å². The minimum absolute atomic E-state index is 0.192. The molecule has 1 atom stereocenters. The van der Waals surface area contributed by atoms with Gasteiger partial charge in [0.2, 0.25) is 0 Å². The average Bonchev–Trinajstić information content (AvgIpc) is 2.45. The standard InChI is InChI=1S/C15H16F3N3/c1-20-13(12-6-3-7-21-14(12)19)9-10-4-2-5-11(8-10)15(16,17)18/h2-8,13,20H,9H2,1H3,(H2,19,21). The number of nitrogen functional groups attached to an aromatic ring is 1. The zero-order valence-electron chi connectivity index (χ0n) is 11.5. The van der Waals surface area contributed by atoms with E-state index in [0.717, 1.165) is 17.7 Å². The SMILES string of the molecule is CNC(Cc1cccc(C(F)(F)F)c1)c1cccnc1N. The van der Waals surface area contributed by atoms with Gasteiger partial charge in [0.15, 0.2) is 0 Å². The number of nitrogens with two attached hydrogens (primary N) is 1. The van der Waals surface area contributed by atoms with Crippen molar-refractivity contribution in [2.75, 3.05) is 12.8 Å². The summed E-state index contributed by atoms with van der Waals surface area (Å²) in [5.74, 6) is 0.379. The molecule has 6 heteroatoms. The fraction of sp³-hybridized carbons (Fsp3) is 0.267. The van der Waals surface area contributed by atoms with Crippen LogP contribution in [0.15, 0.2) is 42.6 Å². The van der Waals surface area contributed by atoms with Crippen LogP contribution >= 0.6 is 0 Å². The van der Waals surface area contributed by atoms with Crippen molar-refractivity contribution in [2.45, 2.75) is 18.6 Å². The molecule has 0 radical (unpaired) electrons. The average molecular weight is 295 g/mol. The van der Waals surface area contributed by atoms with E-state index in [1.807, 2.05) is 6.07 Å². The van der Waals surface area contributed by atoms with Crippen LogP contribution in [0.25, 0.3) is 0 Å². The highest BCUT2D eigenvalue weighted by molar-refractivity contribution is 5.41. The van der Waals surface area contributed by atoms with Crippen molar-refractivity contribution >= 4 is 5.82 Å². The molecule has 0 amide bonds. The first kappa shape index (κ1) is 15.3. The Bertz CT molecular complexity index is 611. The van der Waals surface area contributed by atoms with Gasteiger partial charge in [-0.25, -0.2) is 4.98 Å². The summed E-state index contributed by atoms with van der Waals surface area (Å²) >= 11 is 0. The zero-order chi connectivity index (χ0) is 15.5. The third-order valence-corrected chi connectivity index (χ3v) is 3.29. The Morgan fingerprint density at radius 1 is 1.24 bits per heavy atom. The maximum atomic E-state index is 12.7. The lowest BCUT2D eigenvalue weighted by Gasteiger charge is -2.18. The van der Waals surface area contributed by atoms with E-state index in [1.54, 1.807) is 25.4 Å². The largest absolute Gasteiger partial charge is 0.416 e. The number of benzene rings is 1. The number of anilines is 1. The highest BCUT2D eigenvalue weighted by atomic mass is 19.4. The first-order chi connectivity index (χ1) is 9.91. The molecule has 1 heterocycles. The smallest absolute Gasteiger partial charge is 0.383 e. The van der Waals surface area contributed by atoms with Gasteiger partial charge in [-0.1, -0.05) is 24.3 Å². The number of likely N-dealkylation sites (N-methyl/N-ethyl adjacent to an activating group) is 1. The molecule has 0 bridgehead atoms. The number of pyridine rings is 1. The van der Waals surface area contributed by atoms with Crippen molar-refractivity contribution in [3.63, 3.8) is 0 Å². The molecule has 0 fully saturated rings. The maximum Gasteiger partial charge on any atom is 0.416 e. The van der Waals surface area contributed by atoms with E-state index in [4.69, 9.17) is 5.73 Å². The van der Waals surface area contributed by atoms with Gasteiger partial charge in [-0.15, -0.1) is 0 Å². The first-order valence-electron chi connectivity index (χ1n) is 6.45. The molecule has 3 nitrogen and oxygen atoms in total. The summed E-state index contributed by atoms with van der Waals surface area (Å²) in [7, 11) is 1.74. The second kappa shape index (κ2) is 6.13. The molecular weight excluding hydrogens is 279 g/mol. The summed E-state index contributed by atoms with van der Waals surface area (Å²) in [5, 5.41) is 3.06. The number of nitrogens with zero attached hydrogens (tertiary/aromatic N) is 1. The van der Waals surface area contributed by atoms with Gasteiger partial charge in [0.1, 0.15) is 5.82 Å². The first-order valence-corrected chi connectivity index (χ1v) is 6.45. The Kier molecular flexibility index (Phi) is 4.47. The number of rotatable bonds is 4. The van der Waals surface area contributed by atoms with Crippen molar-refractivity contribution < 1.29 is 13.2 Å². The van der Waals surface area contributed by atoms with Crippen molar-refractivity contribution in [3.8, 4) is 0 Å². The van der Waals surface area contributed by atoms with Gasteiger partial charge in [0.05, 0.1) is 5.56 Å². The summed E-state index contributed by atoms with van der Waals surface area (Å²) in [4.78, 5) is 4.00. The molecule has 1 aromatic carbocycles. The van der Waals surface area contributed by atoms with Crippen LogP contribution in [0.4, 0.5) is 19.0 Å². The normalized spacial score (nSPS) is 13.1. The van der Waals surface area contributed by atoms with Crippen LogP contribution in [-0.4, -0.2) is 12.0 Å². The third-order valence-electron chi connectivity index (χ3n) is 3.29. The van der Waals surface area contributed by atoms with Crippen LogP contribution in [0.2, 0.25) is 0 Å². The fourth-order valence-corrected chi connectivity index (χ4v) is 2.20. The zero-order valence-corrected chi connectivity index (χ0v) is 11.5. The van der Waals surface area contributed by atoms with Crippen LogP contribution < -0.4 is 11.1 Å². The summed E-state index contributed by atoms with van der Waals surface area (Å²) in [6, 6.07) is 8.69. The molecule has 1 unspecified atom stereocenters. The summed E-state index contributed by atoms with van der Waals surface area (Å²) in [5.41, 5.74) is 6.54. The topological polar surface area (TPSA) is 50.9 Å². The fourth-order valence-electron chi connectivity index (χ4n) is 2.20. The minimum Gasteiger partial charge on any atom is -0.383 e. The van der Waals surface area contributed by atoms with Gasteiger partial charge in [0.25, 0.3) is 0 Å². The van der Waals surface area contributed by atoms with E-state index in [0.29, 0.717) is 17.8 Å². The molecule has 0 saturated heterocycles. The van der Waals surface area contributed by atoms with Crippen LogP contribution in [0, 0.1) is 0 Å². The number of halogens is 3. The number of nitrogens with one attached hydrogen (secondary N) is 1. The van der Waals surface area contributed by atoms with Gasteiger partial charge in [-0.3, -0.25) is 0 Å². The van der Waals surface area contributed by atoms with Gasteiger partial charge in [0, 0.05) is 17.8 Å². The Morgan fingerprint density at radius 3 is 2.62 bits per heavy atom. The predicted molar refractivity (Wildman–Crippen MR) is 75.6 cm³/mol. The van der Waals surface area contributed by atoms with E-state index >= 15 is 0 Å². The van der Waals surface area contributed by atoms with Crippen LogP contribution in [0.3, 0.4) is 0 Å². The van der Waals surface area contributed by atoms with Gasteiger partial charge < -0.3 is 11.1 Å². The molecular formula is C15H16F3N3. The number of hydrogen-bond donors (Lipinski definition) is 2. The second-order valence-electron chi connectivity index (χ2n) is 4.72. The highest BCUT2D eigenvalue weighted by Crippen LogP contribution is 2.30. The molecule has 2 rings (SSSR count). The van der Waals surface area contributed by atoms with Crippen molar-refractivity contribution in [1.82, 2.24) is 10.3 Å². The van der Waals surface area contributed by atoms with Crippen LogP contribution in [0.5, 0.6) is 0 Å². The van der Waals surface area contributed by atoms with E-state index < -0.39 is 11.7 Å². The molecule has 0 aliphatic heterocycles. The molecule has 1 aromatic heterocycles. The Labute approximate surface area is 121 Å². The molecule has 3 N–H and O–H groups in total. The summed E-state index contributed by atoms with van der Waals surface area (Å²) < 4.78 is 38.2. The van der Waals surface area contributed by atoms with E-state index in [1.165, 1.54) is 6.07 Å². The molecule has 0 spiro atoms. The number of aromatic nitrogens is 1. The van der Waals surface area contributed by atoms with E-state index in [9.17, 15) is 13.2 Å². The lowest BCUT2D eigenvalue weighted by atomic mass is 9.98. The number of hydrogen-bond acceptors (Lipinski definition) is 3. The van der Waals surface area contributed by atoms with Crippen molar-refractivity contribution in [2.24, 2.45) is 0 Å². The highest BCUT2D eigenvalue weighted by Gasteiger charge is 2.30. The minimum atomic E-state index is -4.33. The third kappa shape index (κ3) is 3.72. The molecule has 0 saturated carbocycles. The Balaban J connectivity index is 2.26. The Hall–Kier alpha value is -2.08. The summed E-state index contributed by atoms with van der Waals surface area (Å²) in [6.45, 7) is 0. The van der Waals surface area contributed by atoms with Crippen LogP contribution in [0.1, 0.15) is 22.7 Å². The second-order valence-corrected chi connectivity index (χ2v) is 4.72. The maximum absolute atomic E-state index is 12.7.